The molecule has 94 valence electrons. The molecule has 0 spiro atoms. The predicted molar refractivity (Wildman–Crippen MR) is 63.9 cm³/mol. The molecule has 1 aromatic carbocycles. The molecule has 2 aromatic rings. The Morgan fingerprint density at radius 3 is 2.78 bits per heavy atom. The lowest BCUT2D eigenvalue weighted by molar-refractivity contribution is -0.304. The highest BCUT2D eigenvalue weighted by atomic mass is 32.2. The number of carboxylic acids is 1. The van der Waals surface area contributed by atoms with Crippen LogP contribution in [-0.4, -0.2) is 21.4 Å². The number of nitrogens with zero attached hydrogens (tertiary/aromatic N) is 2. The van der Waals surface area contributed by atoms with Gasteiger partial charge in [-0.1, -0.05) is 42.1 Å². The van der Waals surface area contributed by atoms with Crippen molar-refractivity contribution in [3.05, 3.63) is 41.8 Å². The van der Waals surface area contributed by atoms with Gasteiger partial charge in [0.15, 0.2) is 0 Å². The third-order valence-electron chi connectivity index (χ3n) is 2.26. The molecule has 0 fully saturated rings. The Kier molecular flexibility index (Phi) is 3.99. The molecule has 0 unspecified atom stereocenters. The van der Waals surface area contributed by atoms with Crippen LogP contribution in [0.2, 0.25) is 0 Å². The van der Waals surface area contributed by atoms with Gasteiger partial charge in [-0.15, -0.1) is 10.2 Å². The molecule has 0 amide bonds. The Bertz CT molecular complexity index is 527. The van der Waals surface area contributed by atoms with Crippen LogP contribution in [0.3, 0.4) is 0 Å². The maximum atomic E-state index is 10.6. The van der Waals surface area contributed by atoms with Crippen molar-refractivity contribution in [2.24, 2.45) is 0 Å². The van der Waals surface area contributed by atoms with Crippen LogP contribution in [-0.2, 0) is 11.2 Å². The second kappa shape index (κ2) is 5.68. The summed E-state index contributed by atoms with van der Waals surface area (Å²) in [5.74, 6) is -0.683. The molecular weight excluding hydrogens is 252 g/mol. The minimum Gasteiger partial charge on any atom is -0.549 e. The van der Waals surface area contributed by atoms with Crippen molar-refractivity contribution in [2.75, 3.05) is 0 Å². The predicted octanol–water partition coefficient (Wildman–Crippen LogP) is 0.891. The van der Waals surface area contributed by atoms with Crippen molar-refractivity contribution < 1.29 is 14.3 Å². The van der Waals surface area contributed by atoms with Crippen molar-refractivity contribution in [1.82, 2.24) is 10.2 Å². The van der Waals surface area contributed by atoms with E-state index in [1.165, 1.54) is 6.92 Å². The fourth-order valence-corrected chi connectivity index (χ4v) is 1.96. The van der Waals surface area contributed by atoms with E-state index in [0.717, 1.165) is 17.3 Å². The minimum atomic E-state index is -1.15. The van der Waals surface area contributed by atoms with Crippen LogP contribution in [0, 0.1) is 0 Å². The van der Waals surface area contributed by atoms with E-state index in [2.05, 4.69) is 10.2 Å². The monoisotopic (exact) mass is 263 g/mol. The van der Waals surface area contributed by atoms with Crippen LogP contribution >= 0.6 is 11.8 Å². The molecule has 1 aromatic heterocycles. The van der Waals surface area contributed by atoms with Crippen LogP contribution in [0.4, 0.5) is 0 Å². The molecule has 0 aliphatic carbocycles. The lowest BCUT2D eigenvalue weighted by Crippen LogP contribution is -2.31. The first-order valence-corrected chi connectivity index (χ1v) is 6.27. The third kappa shape index (κ3) is 3.33. The number of rotatable bonds is 5. The van der Waals surface area contributed by atoms with Gasteiger partial charge in [-0.05, 0) is 12.5 Å². The van der Waals surface area contributed by atoms with Crippen LogP contribution in [0.25, 0.3) is 0 Å². The number of benzene rings is 1. The van der Waals surface area contributed by atoms with E-state index >= 15 is 0 Å². The maximum Gasteiger partial charge on any atom is 0.277 e. The number of hydrogen-bond acceptors (Lipinski definition) is 6. The highest BCUT2D eigenvalue weighted by Gasteiger charge is 2.12. The van der Waals surface area contributed by atoms with Crippen molar-refractivity contribution in [1.29, 1.82) is 0 Å². The molecule has 0 radical (unpaired) electrons. The van der Waals surface area contributed by atoms with Gasteiger partial charge in [0.1, 0.15) is 0 Å². The molecule has 18 heavy (non-hydrogen) atoms. The first kappa shape index (κ1) is 12.6. The van der Waals surface area contributed by atoms with Gasteiger partial charge < -0.3 is 14.3 Å². The van der Waals surface area contributed by atoms with Gasteiger partial charge in [0.05, 0.1) is 17.6 Å². The summed E-state index contributed by atoms with van der Waals surface area (Å²) < 4.78 is 5.36. The van der Waals surface area contributed by atoms with Gasteiger partial charge >= 0.3 is 0 Å². The SMILES string of the molecule is C[C@@H](Sc1nnc(Cc2ccccc2)o1)C(=O)[O-]. The molecule has 0 aliphatic heterocycles. The van der Waals surface area contributed by atoms with E-state index in [1.54, 1.807) is 0 Å². The average molecular weight is 263 g/mol. The number of aliphatic carboxylic acids is 1. The molecule has 6 heteroatoms. The van der Waals surface area contributed by atoms with E-state index in [4.69, 9.17) is 4.42 Å². The molecule has 2 rings (SSSR count). The highest BCUT2D eigenvalue weighted by molar-refractivity contribution is 8.00. The number of carbonyl (C=O) groups is 1. The Labute approximate surface area is 108 Å². The zero-order valence-electron chi connectivity index (χ0n) is 9.70. The normalized spacial score (nSPS) is 12.3. The van der Waals surface area contributed by atoms with Crippen molar-refractivity contribution >= 4 is 17.7 Å². The molecule has 5 nitrogen and oxygen atoms in total. The number of carbonyl (C=O) groups excluding carboxylic acids is 1. The van der Waals surface area contributed by atoms with E-state index in [0.29, 0.717) is 12.3 Å². The molecule has 0 saturated carbocycles. The third-order valence-corrected chi connectivity index (χ3v) is 3.17. The largest absolute Gasteiger partial charge is 0.549 e. The first-order chi connectivity index (χ1) is 8.65. The molecule has 1 heterocycles. The van der Waals surface area contributed by atoms with Gasteiger partial charge in [-0.25, -0.2) is 0 Å². The standard InChI is InChI=1S/C12H12N2O3S/c1-8(11(15)16)18-12-14-13-10(17-12)7-9-5-3-2-4-6-9/h2-6,8H,7H2,1H3,(H,15,16)/p-1/t8-/m1/s1. The summed E-state index contributed by atoms with van der Waals surface area (Å²) in [5, 5.41) is 17.8. The summed E-state index contributed by atoms with van der Waals surface area (Å²) in [6.45, 7) is 1.51. The second-order valence-corrected chi connectivity index (χ2v) is 5.00. The van der Waals surface area contributed by atoms with Crippen LogP contribution in [0.15, 0.2) is 40.0 Å². The lowest BCUT2D eigenvalue weighted by Gasteiger charge is -2.07. The van der Waals surface area contributed by atoms with E-state index in [9.17, 15) is 9.90 Å². The smallest absolute Gasteiger partial charge is 0.277 e. The van der Waals surface area contributed by atoms with Crippen molar-refractivity contribution in [2.45, 2.75) is 23.8 Å². The summed E-state index contributed by atoms with van der Waals surface area (Å²) in [7, 11) is 0. The zero-order valence-corrected chi connectivity index (χ0v) is 10.5. The Balaban J connectivity index is 2.00. The molecular formula is C12H11N2O3S-. The molecule has 1 atom stereocenters. The molecule has 0 aliphatic rings. The number of thioether (sulfide) groups is 1. The summed E-state index contributed by atoms with van der Waals surface area (Å²) in [4.78, 5) is 10.6. The van der Waals surface area contributed by atoms with Gasteiger partial charge in [0, 0.05) is 0 Å². The van der Waals surface area contributed by atoms with Crippen LogP contribution in [0.5, 0.6) is 0 Å². The average Bonchev–Trinajstić information content (AvgIpc) is 2.77. The topological polar surface area (TPSA) is 79.0 Å². The van der Waals surface area contributed by atoms with E-state index < -0.39 is 11.2 Å². The van der Waals surface area contributed by atoms with Gasteiger partial charge in [-0.2, -0.15) is 0 Å². The summed E-state index contributed by atoms with van der Waals surface area (Å²) in [5.41, 5.74) is 1.06. The number of carboxylic acid groups (broad SMARTS) is 1. The lowest BCUT2D eigenvalue weighted by atomic mass is 10.2. The van der Waals surface area contributed by atoms with Gasteiger partial charge in [0.25, 0.3) is 5.22 Å². The fourth-order valence-electron chi connectivity index (χ4n) is 1.33. The zero-order chi connectivity index (χ0) is 13.0. The second-order valence-electron chi connectivity index (χ2n) is 3.70. The number of aromatic nitrogens is 2. The van der Waals surface area contributed by atoms with Crippen LogP contribution in [0.1, 0.15) is 18.4 Å². The molecule has 0 N–H and O–H groups in total. The Morgan fingerprint density at radius 2 is 2.11 bits per heavy atom. The maximum absolute atomic E-state index is 10.6. The highest BCUT2D eigenvalue weighted by Crippen LogP contribution is 2.22. The Hall–Kier alpha value is -1.82. The number of hydrogen-bond donors (Lipinski definition) is 0. The van der Waals surface area contributed by atoms with E-state index in [1.807, 2.05) is 30.3 Å². The quantitative estimate of drug-likeness (QED) is 0.745. The van der Waals surface area contributed by atoms with Crippen molar-refractivity contribution in [3.63, 3.8) is 0 Å². The minimum absolute atomic E-state index is 0.248. The van der Waals surface area contributed by atoms with Gasteiger partial charge in [-0.3, -0.25) is 0 Å². The molecule has 0 bridgehead atoms. The summed E-state index contributed by atoms with van der Waals surface area (Å²) in [6, 6.07) is 9.71. The van der Waals surface area contributed by atoms with Crippen LogP contribution < -0.4 is 5.11 Å². The molecule has 0 saturated heterocycles. The van der Waals surface area contributed by atoms with Crippen molar-refractivity contribution in [3.8, 4) is 0 Å². The van der Waals surface area contributed by atoms with E-state index in [-0.39, 0.29) is 5.22 Å². The Morgan fingerprint density at radius 1 is 1.39 bits per heavy atom. The fraction of sp³-hybridized carbons (Fsp3) is 0.250. The van der Waals surface area contributed by atoms with Gasteiger partial charge in [0.2, 0.25) is 5.89 Å². The summed E-state index contributed by atoms with van der Waals surface area (Å²) in [6.07, 6.45) is 0.536. The summed E-state index contributed by atoms with van der Waals surface area (Å²) >= 11 is 0.981. The first-order valence-electron chi connectivity index (χ1n) is 5.39.